The summed E-state index contributed by atoms with van der Waals surface area (Å²) >= 11 is 0. The van der Waals surface area contributed by atoms with E-state index >= 15 is 0 Å². The molecule has 12 heteroatoms. The van der Waals surface area contributed by atoms with Gasteiger partial charge in [0.05, 0.1) is 32.1 Å². The van der Waals surface area contributed by atoms with E-state index in [9.17, 15) is 18.3 Å². The molecule has 2 bridgehead atoms. The van der Waals surface area contributed by atoms with Crippen molar-refractivity contribution in [3.63, 3.8) is 0 Å². The van der Waals surface area contributed by atoms with Gasteiger partial charge in [-0.2, -0.15) is 5.06 Å². The van der Waals surface area contributed by atoms with Crippen LogP contribution in [0.2, 0.25) is 0 Å². The van der Waals surface area contributed by atoms with Crippen LogP contribution < -0.4 is 25.4 Å². The van der Waals surface area contributed by atoms with Gasteiger partial charge in [0.15, 0.2) is 0 Å². The number of benzene rings is 2. The van der Waals surface area contributed by atoms with Gasteiger partial charge >= 0.3 is 0 Å². The molecule has 11 nitrogen and oxygen atoms in total. The summed E-state index contributed by atoms with van der Waals surface area (Å²) in [6.45, 7) is 9.15. The minimum Gasteiger partial charge on any atom is -0.496 e. The molecule has 3 aliphatic carbocycles. The van der Waals surface area contributed by atoms with Gasteiger partial charge in [0.25, 0.3) is 0 Å². The Morgan fingerprint density at radius 2 is 1.96 bits per heavy atom. The van der Waals surface area contributed by atoms with Gasteiger partial charge in [-0.1, -0.05) is 39.0 Å². The quantitative estimate of drug-likeness (QED) is 0.267. The molecule has 3 saturated carbocycles. The van der Waals surface area contributed by atoms with E-state index in [1.807, 2.05) is 55.4 Å². The number of rotatable bonds is 12. The van der Waals surface area contributed by atoms with Gasteiger partial charge in [-0.15, -0.1) is 0 Å². The zero-order valence-electron chi connectivity index (χ0n) is 29.0. The van der Waals surface area contributed by atoms with Gasteiger partial charge in [0, 0.05) is 56.0 Å². The maximum Gasteiger partial charge on any atom is 0.240 e. The van der Waals surface area contributed by atoms with E-state index in [-0.39, 0.29) is 31.6 Å². The van der Waals surface area contributed by atoms with Crippen molar-refractivity contribution >= 4 is 21.6 Å². The predicted octanol–water partition coefficient (Wildman–Crippen LogP) is 3.10. The molecule has 47 heavy (non-hydrogen) atoms. The number of aliphatic hydroxyl groups excluding tert-OH is 1. The van der Waals surface area contributed by atoms with Crippen molar-refractivity contribution in [2.24, 2.45) is 34.8 Å². The first-order chi connectivity index (χ1) is 22.0. The number of hydrogen-bond donors (Lipinski definition) is 4. The maximum absolute atomic E-state index is 14.2. The molecular weight excluding hydrogens is 618 g/mol. The summed E-state index contributed by atoms with van der Waals surface area (Å²) < 4.78 is 32.3. The molecule has 0 radical (unpaired) electrons. The van der Waals surface area contributed by atoms with Crippen LogP contribution in [0.3, 0.4) is 0 Å². The van der Waals surface area contributed by atoms with Crippen LogP contribution in [0, 0.1) is 29.1 Å². The van der Waals surface area contributed by atoms with Gasteiger partial charge in [0.2, 0.25) is 15.9 Å². The standard InChI is InChI=1S/C35H53N5O6S/c1-20-28-15-25(35(28,3)4)16-29(20)38-34(42)32-31(21(2)41)30(17-36)46-40(32)19-23-10-9-11-27(33(23)45-7)24-12-22(18-37-47(8,43)44)13-26(14-24)39(5)6/h9-14,20-21,25,28-32,37,41H,15-19,36H2,1-8H3,(H,38,42)/t20-,21-,25+,28-,29-,30-,31-,32-/m0/s1. The fourth-order valence-corrected chi connectivity index (χ4v) is 8.71. The Bertz CT molecular complexity index is 1560. The van der Waals surface area contributed by atoms with E-state index in [1.165, 1.54) is 6.42 Å². The van der Waals surface area contributed by atoms with E-state index < -0.39 is 34.2 Å². The van der Waals surface area contributed by atoms with E-state index in [2.05, 4.69) is 30.8 Å². The number of hydroxylamine groups is 2. The zero-order chi connectivity index (χ0) is 34.4. The average molecular weight is 672 g/mol. The summed E-state index contributed by atoms with van der Waals surface area (Å²) in [5.41, 5.74) is 10.6. The molecule has 8 atom stereocenters. The predicted molar refractivity (Wildman–Crippen MR) is 184 cm³/mol. The number of sulfonamides is 1. The Kier molecular flexibility index (Phi) is 10.3. The van der Waals surface area contributed by atoms with Crippen LogP contribution in [0.25, 0.3) is 11.1 Å². The lowest BCUT2D eigenvalue weighted by Gasteiger charge is -2.62. The Hall–Kier alpha value is -2.74. The highest BCUT2D eigenvalue weighted by Crippen LogP contribution is 2.61. The average Bonchev–Trinajstić information content (AvgIpc) is 3.38. The van der Waals surface area contributed by atoms with Crippen LogP contribution >= 0.6 is 0 Å². The van der Waals surface area contributed by atoms with Gasteiger partial charge in [-0.3, -0.25) is 9.63 Å². The summed E-state index contributed by atoms with van der Waals surface area (Å²) in [7, 11) is 2.09. The molecule has 4 fully saturated rings. The SMILES string of the molecule is COc1c(CN2O[C@@H](CN)[C@H]([C@H](C)O)[C@H]2C(=O)N[C@H]2C[C@H]3C[C@@H]([C@@H]2C)C3(C)C)cccc1-c1cc(CNS(C)(=O)=O)cc(N(C)C)c1. The summed E-state index contributed by atoms with van der Waals surface area (Å²) in [5, 5.41) is 15.9. The Labute approximate surface area is 280 Å². The van der Waals surface area contributed by atoms with Crippen molar-refractivity contribution in [2.75, 3.05) is 38.9 Å². The lowest BCUT2D eigenvalue weighted by Crippen LogP contribution is -2.62. The number of carbonyl (C=O) groups is 1. The number of nitrogens with two attached hydrogens (primary N) is 1. The highest BCUT2D eigenvalue weighted by Gasteiger charge is 2.57. The molecule has 4 aliphatic rings. The van der Waals surface area contributed by atoms with E-state index in [1.54, 1.807) is 19.1 Å². The molecular formula is C35H53N5O6S. The molecule has 1 saturated heterocycles. The van der Waals surface area contributed by atoms with E-state index in [4.69, 9.17) is 15.3 Å². The molecule has 2 aromatic carbocycles. The Morgan fingerprint density at radius 1 is 1.23 bits per heavy atom. The van der Waals surface area contributed by atoms with Crippen molar-refractivity contribution in [2.45, 2.75) is 77.9 Å². The van der Waals surface area contributed by atoms with Crippen LogP contribution in [-0.4, -0.2) is 82.8 Å². The number of amides is 1. The van der Waals surface area contributed by atoms with Gasteiger partial charge in [-0.05, 0) is 72.3 Å². The summed E-state index contributed by atoms with van der Waals surface area (Å²) in [5.74, 6) is 1.47. The molecule has 0 spiro atoms. The lowest BCUT2D eigenvalue weighted by molar-refractivity contribution is -0.175. The van der Waals surface area contributed by atoms with Gasteiger partial charge < -0.3 is 25.8 Å². The first kappa shape index (κ1) is 35.6. The molecule has 0 unspecified atom stereocenters. The Balaban J connectivity index is 1.45. The van der Waals surface area contributed by atoms with Crippen LogP contribution in [0.5, 0.6) is 5.75 Å². The van der Waals surface area contributed by atoms with Gasteiger partial charge in [-0.25, -0.2) is 13.1 Å². The van der Waals surface area contributed by atoms with Gasteiger partial charge in [0.1, 0.15) is 11.8 Å². The fraction of sp³-hybridized carbons (Fsp3) is 0.629. The minimum atomic E-state index is -3.38. The first-order valence-electron chi connectivity index (χ1n) is 16.6. The number of hydrogen-bond acceptors (Lipinski definition) is 9. The highest BCUT2D eigenvalue weighted by molar-refractivity contribution is 7.88. The monoisotopic (exact) mass is 671 g/mol. The molecule has 2 aromatic rings. The number of para-hydroxylation sites is 1. The third-order valence-electron chi connectivity index (χ3n) is 11.1. The molecule has 1 aliphatic heterocycles. The molecule has 0 aromatic heterocycles. The van der Waals surface area contributed by atoms with Crippen LogP contribution in [-0.2, 0) is 32.7 Å². The second kappa shape index (κ2) is 13.6. The number of anilines is 1. The lowest BCUT2D eigenvalue weighted by atomic mass is 9.45. The number of fused-ring (bicyclic) bond motifs is 2. The normalized spacial score (nSPS) is 29.2. The maximum atomic E-state index is 14.2. The second-order valence-corrected chi connectivity index (χ2v) is 16.5. The van der Waals surface area contributed by atoms with Crippen molar-refractivity contribution in [3.05, 3.63) is 47.5 Å². The molecule has 260 valence electrons. The third kappa shape index (κ3) is 7.18. The Morgan fingerprint density at radius 3 is 2.53 bits per heavy atom. The van der Waals surface area contributed by atoms with Crippen molar-refractivity contribution in [3.8, 4) is 16.9 Å². The summed E-state index contributed by atoms with van der Waals surface area (Å²) in [4.78, 5) is 22.5. The number of methoxy groups -OCH3 is 1. The minimum absolute atomic E-state index is 0.0703. The van der Waals surface area contributed by atoms with Crippen LogP contribution in [0.1, 0.15) is 51.7 Å². The van der Waals surface area contributed by atoms with Crippen molar-refractivity contribution in [1.29, 1.82) is 0 Å². The number of nitrogens with zero attached hydrogens (tertiary/aromatic N) is 2. The fourth-order valence-electron chi connectivity index (χ4n) is 8.28. The topological polar surface area (TPSA) is 146 Å². The highest BCUT2D eigenvalue weighted by atomic mass is 32.2. The largest absolute Gasteiger partial charge is 0.496 e. The van der Waals surface area contributed by atoms with Crippen LogP contribution in [0.4, 0.5) is 5.69 Å². The van der Waals surface area contributed by atoms with Crippen molar-refractivity contribution < 1.29 is 27.9 Å². The number of nitrogens with one attached hydrogen (secondary N) is 2. The number of aliphatic hydroxyl groups is 1. The third-order valence-corrected chi connectivity index (χ3v) is 11.8. The number of ether oxygens (including phenoxy) is 1. The number of carbonyl (C=O) groups excluding carboxylic acids is 1. The summed E-state index contributed by atoms with van der Waals surface area (Å²) in [6.07, 6.45) is 1.96. The zero-order valence-corrected chi connectivity index (χ0v) is 29.8. The molecule has 1 heterocycles. The molecule has 6 rings (SSSR count). The van der Waals surface area contributed by atoms with E-state index in [0.29, 0.717) is 28.9 Å². The smallest absolute Gasteiger partial charge is 0.240 e. The molecule has 1 amide bonds. The molecule has 5 N–H and O–H groups in total. The van der Waals surface area contributed by atoms with Crippen LogP contribution in [0.15, 0.2) is 36.4 Å². The van der Waals surface area contributed by atoms with Crippen molar-refractivity contribution in [1.82, 2.24) is 15.1 Å². The summed E-state index contributed by atoms with van der Waals surface area (Å²) in [6, 6.07) is 11.1. The first-order valence-corrected chi connectivity index (χ1v) is 18.5. The second-order valence-electron chi connectivity index (χ2n) is 14.7. The van der Waals surface area contributed by atoms with E-state index in [0.717, 1.165) is 40.6 Å².